The van der Waals surface area contributed by atoms with Crippen LogP contribution in [0, 0.1) is 11.8 Å². The zero-order valence-corrected chi connectivity index (χ0v) is 28.3. The highest BCUT2D eigenvalue weighted by Crippen LogP contribution is 2.29. The number of carbonyl (C=O) groups is 1. The molecule has 1 aliphatic rings. The first-order valence-electron chi connectivity index (χ1n) is 15.0. The van der Waals surface area contributed by atoms with Gasteiger partial charge in [0.15, 0.2) is 0 Å². The van der Waals surface area contributed by atoms with Gasteiger partial charge in [-0.05, 0) is 85.4 Å². The van der Waals surface area contributed by atoms with E-state index in [1.54, 1.807) is 0 Å². The first-order valence-corrected chi connectivity index (χ1v) is 15.0. The zero-order valence-electron chi connectivity index (χ0n) is 25.8. The Kier molecular flexibility index (Phi) is 17.0. The second-order valence-electron chi connectivity index (χ2n) is 12.2. The molecular weight excluding hydrogens is 587 g/mol. The van der Waals surface area contributed by atoms with Crippen molar-refractivity contribution in [3.8, 4) is 0 Å². The van der Waals surface area contributed by atoms with Crippen molar-refractivity contribution < 1.29 is 4.79 Å². The Hall–Kier alpha value is -1.89. The molecule has 0 saturated carbocycles. The van der Waals surface area contributed by atoms with Crippen LogP contribution in [0.1, 0.15) is 89.2 Å². The molecule has 2 N–H and O–H groups in total. The molecule has 0 spiro atoms. The molecule has 1 aromatic heterocycles. The number of amides is 1. The van der Waals surface area contributed by atoms with E-state index in [0.29, 0.717) is 11.8 Å². The number of nitrogens with one attached hydrogen (secondary N) is 2. The van der Waals surface area contributed by atoms with E-state index in [-0.39, 0.29) is 61.3 Å². The van der Waals surface area contributed by atoms with Crippen molar-refractivity contribution in [1.29, 1.82) is 0 Å². The number of carbonyl (C=O) groups excluding carboxylic acids is 1. The van der Waals surface area contributed by atoms with Gasteiger partial charge in [-0.2, -0.15) is 0 Å². The van der Waals surface area contributed by atoms with E-state index < -0.39 is 0 Å². The van der Waals surface area contributed by atoms with Crippen molar-refractivity contribution in [2.24, 2.45) is 11.8 Å². The Morgan fingerprint density at radius 3 is 2.33 bits per heavy atom. The van der Waals surface area contributed by atoms with Gasteiger partial charge < -0.3 is 10.2 Å². The Morgan fingerprint density at radius 1 is 0.929 bits per heavy atom. The average Bonchev–Trinajstić information content (AvgIpc) is 2.91. The minimum absolute atomic E-state index is 0. The summed E-state index contributed by atoms with van der Waals surface area (Å²) in [6.07, 6.45) is 6.86. The highest BCUT2D eigenvalue weighted by molar-refractivity contribution is 5.87. The van der Waals surface area contributed by atoms with Gasteiger partial charge in [-0.25, -0.2) is 0 Å². The van der Waals surface area contributed by atoms with E-state index in [0.717, 1.165) is 63.0 Å². The molecule has 3 aromatic rings. The summed E-state index contributed by atoms with van der Waals surface area (Å²) < 4.78 is 0. The number of benzene rings is 2. The normalized spacial score (nSPS) is 15.8. The fraction of sp³-hybridized carbons (Fsp3) is 0.529. The molecule has 2 unspecified atom stereocenters. The average molecular weight is 638 g/mol. The number of aromatic nitrogens is 1. The number of nitrogens with zero attached hydrogens (tertiary/aromatic N) is 2. The first-order chi connectivity index (χ1) is 18.8. The summed E-state index contributed by atoms with van der Waals surface area (Å²) >= 11 is 0. The molecule has 5 nitrogen and oxygen atoms in total. The number of fused-ring (bicyclic) bond motifs is 2. The number of halogens is 3. The van der Waals surface area contributed by atoms with Crippen molar-refractivity contribution in [2.75, 3.05) is 19.6 Å². The predicted octanol–water partition coefficient (Wildman–Crippen LogP) is 8.11. The van der Waals surface area contributed by atoms with Gasteiger partial charge in [-0.15, -0.1) is 37.2 Å². The Balaban J connectivity index is 0.00000294. The molecule has 3 atom stereocenters. The molecule has 0 bridgehead atoms. The SMILES string of the molecule is CC(C)CN(CCCC(NC1CCCc2cccnc21)C(=O)N[C@H](C)c1cccc2ccccc12)CC(C)C.Cl.Cl.Cl. The number of aryl methyl sites for hydroxylation is 1. The van der Waals surface area contributed by atoms with Gasteiger partial charge in [-0.1, -0.05) is 76.2 Å². The van der Waals surface area contributed by atoms with Crippen LogP contribution in [-0.2, 0) is 11.2 Å². The molecule has 234 valence electrons. The van der Waals surface area contributed by atoms with Crippen LogP contribution in [0.4, 0.5) is 0 Å². The van der Waals surface area contributed by atoms with E-state index in [4.69, 9.17) is 4.98 Å². The van der Waals surface area contributed by atoms with E-state index >= 15 is 0 Å². The van der Waals surface area contributed by atoms with Gasteiger partial charge in [0.2, 0.25) is 5.91 Å². The van der Waals surface area contributed by atoms with Crippen molar-refractivity contribution in [3.05, 3.63) is 77.6 Å². The molecule has 0 aliphatic heterocycles. The molecule has 8 heteroatoms. The third kappa shape index (κ3) is 10.7. The lowest BCUT2D eigenvalue weighted by atomic mass is 9.91. The molecule has 1 heterocycles. The maximum Gasteiger partial charge on any atom is 0.237 e. The number of hydrogen-bond acceptors (Lipinski definition) is 4. The molecular formula is C34H51Cl3N4O. The van der Waals surface area contributed by atoms with Crippen LogP contribution in [0.2, 0.25) is 0 Å². The largest absolute Gasteiger partial charge is 0.348 e. The maximum absolute atomic E-state index is 13.9. The summed E-state index contributed by atoms with van der Waals surface area (Å²) in [5.41, 5.74) is 3.58. The van der Waals surface area contributed by atoms with Crippen molar-refractivity contribution in [3.63, 3.8) is 0 Å². The fourth-order valence-corrected chi connectivity index (χ4v) is 6.13. The van der Waals surface area contributed by atoms with Crippen LogP contribution < -0.4 is 10.6 Å². The van der Waals surface area contributed by atoms with Gasteiger partial charge in [0, 0.05) is 19.3 Å². The van der Waals surface area contributed by atoms with Crippen molar-refractivity contribution in [2.45, 2.75) is 84.8 Å². The molecule has 0 radical (unpaired) electrons. The lowest BCUT2D eigenvalue weighted by Gasteiger charge is -2.31. The number of hydrogen-bond donors (Lipinski definition) is 2. The van der Waals surface area contributed by atoms with Gasteiger partial charge in [0.25, 0.3) is 0 Å². The fourth-order valence-electron chi connectivity index (χ4n) is 6.13. The van der Waals surface area contributed by atoms with Crippen LogP contribution >= 0.6 is 37.2 Å². The molecule has 2 aromatic carbocycles. The monoisotopic (exact) mass is 636 g/mol. The van der Waals surface area contributed by atoms with E-state index in [1.165, 1.54) is 16.3 Å². The molecule has 4 rings (SSSR count). The standard InChI is InChI=1S/C34H48N4O.3ClH/c1-24(2)22-38(23-25(3)4)21-11-19-32(37-31-18-9-14-28-15-10-20-35-33(28)31)34(39)36-26(5)29-17-8-13-27-12-6-7-16-30(27)29;;;/h6-8,10,12-13,15-17,20,24-26,31-32,37H,9,11,14,18-19,21-23H2,1-5H3,(H,36,39);3*1H/t26-,31?,32?;;;/m1.../s1. The molecule has 1 amide bonds. The Bertz CT molecular complexity index is 1210. The summed E-state index contributed by atoms with van der Waals surface area (Å²) in [5.74, 6) is 1.34. The Morgan fingerprint density at radius 2 is 1.62 bits per heavy atom. The van der Waals surface area contributed by atoms with Crippen LogP contribution in [0.25, 0.3) is 10.8 Å². The van der Waals surface area contributed by atoms with Crippen LogP contribution in [0.15, 0.2) is 60.8 Å². The maximum atomic E-state index is 13.9. The Labute approximate surface area is 272 Å². The number of rotatable bonds is 13. The highest BCUT2D eigenvalue weighted by Gasteiger charge is 2.28. The van der Waals surface area contributed by atoms with Gasteiger partial charge >= 0.3 is 0 Å². The van der Waals surface area contributed by atoms with Crippen LogP contribution in [-0.4, -0.2) is 41.5 Å². The van der Waals surface area contributed by atoms with Gasteiger partial charge in [0.1, 0.15) is 0 Å². The minimum atomic E-state index is -0.264. The van der Waals surface area contributed by atoms with Crippen molar-refractivity contribution in [1.82, 2.24) is 20.5 Å². The topological polar surface area (TPSA) is 57.3 Å². The highest BCUT2D eigenvalue weighted by atomic mass is 35.5. The van der Waals surface area contributed by atoms with Crippen LogP contribution in [0.5, 0.6) is 0 Å². The van der Waals surface area contributed by atoms with Gasteiger partial charge in [-0.3, -0.25) is 15.1 Å². The van der Waals surface area contributed by atoms with E-state index in [9.17, 15) is 4.79 Å². The molecule has 42 heavy (non-hydrogen) atoms. The minimum Gasteiger partial charge on any atom is -0.348 e. The first kappa shape index (κ1) is 38.1. The molecule has 0 saturated heterocycles. The van der Waals surface area contributed by atoms with Crippen LogP contribution in [0.3, 0.4) is 0 Å². The molecule has 0 fully saturated rings. The third-order valence-electron chi connectivity index (χ3n) is 7.78. The quantitative estimate of drug-likeness (QED) is 0.199. The lowest BCUT2D eigenvalue weighted by molar-refractivity contribution is -0.124. The summed E-state index contributed by atoms with van der Waals surface area (Å²) in [4.78, 5) is 21.2. The van der Waals surface area contributed by atoms with Gasteiger partial charge in [0.05, 0.1) is 23.8 Å². The summed E-state index contributed by atoms with van der Waals surface area (Å²) in [6, 6.07) is 18.7. The summed E-state index contributed by atoms with van der Waals surface area (Å²) in [6.45, 7) is 14.4. The smallest absolute Gasteiger partial charge is 0.237 e. The molecule has 1 aliphatic carbocycles. The second-order valence-corrected chi connectivity index (χ2v) is 12.2. The van der Waals surface area contributed by atoms with E-state index in [1.807, 2.05) is 12.3 Å². The van der Waals surface area contributed by atoms with Crippen molar-refractivity contribution >= 4 is 53.9 Å². The summed E-state index contributed by atoms with van der Waals surface area (Å²) in [5, 5.41) is 9.53. The second kappa shape index (κ2) is 18.7. The number of pyridine rings is 1. The third-order valence-corrected chi connectivity index (χ3v) is 7.78. The summed E-state index contributed by atoms with van der Waals surface area (Å²) in [7, 11) is 0. The predicted molar refractivity (Wildman–Crippen MR) is 184 cm³/mol. The van der Waals surface area contributed by atoms with E-state index in [2.05, 4.69) is 98.7 Å². The zero-order chi connectivity index (χ0) is 27.8. The lowest BCUT2D eigenvalue weighted by Crippen LogP contribution is -2.47.